The Morgan fingerprint density at radius 1 is 1.38 bits per heavy atom. The molecule has 8 heteroatoms. The van der Waals surface area contributed by atoms with Gasteiger partial charge in [0.05, 0.1) is 18.5 Å². The Morgan fingerprint density at radius 2 is 2.15 bits per heavy atom. The molecule has 0 fully saturated rings. The molecule has 0 aliphatic heterocycles. The SMILES string of the molecule is CCOC(=O)C(C)(C)Sc1nc2c(cnn2-c2cccc(C)c2)c(=O)[nH]1. The molecule has 26 heavy (non-hydrogen) atoms. The molecule has 7 nitrogen and oxygen atoms in total. The Labute approximate surface area is 154 Å². The van der Waals surface area contributed by atoms with E-state index in [2.05, 4.69) is 15.1 Å². The molecule has 2 aromatic heterocycles. The minimum absolute atomic E-state index is 0.295. The summed E-state index contributed by atoms with van der Waals surface area (Å²) in [6.07, 6.45) is 1.49. The summed E-state index contributed by atoms with van der Waals surface area (Å²) in [5.41, 5.74) is 2.05. The Hall–Kier alpha value is -2.61. The van der Waals surface area contributed by atoms with Gasteiger partial charge in [0.15, 0.2) is 10.8 Å². The summed E-state index contributed by atoms with van der Waals surface area (Å²) in [5.74, 6) is -0.361. The van der Waals surface area contributed by atoms with Crippen molar-refractivity contribution in [1.29, 1.82) is 0 Å². The molecule has 0 aliphatic rings. The molecule has 1 aromatic carbocycles. The molecule has 0 saturated heterocycles. The predicted molar refractivity (Wildman–Crippen MR) is 101 cm³/mol. The number of thioether (sulfide) groups is 1. The highest BCUT2D eigenvalue weighted by Gasteiger charge is 2.32. The van der Waals surface area contributed by atoms with Gasteiger partial charge < -0.3 is 9.72 Å². The van der Waals surface area contributed by atoms with E-state index in [1.54, 1.807) is 25.5 Å². The monoisotopic (exact) mass is 372 g/mol. The fourth-order valence-corrected chi connectivity index (χ4v) is 3.39. The highest BCUT2D eigenvalue weighted by atomic mass is 32.2. The molecule has 3 rings (SSSR count). The van der Waals surface area contributed by atoms with Gasteiger partial charge in [0.25, 0.3) is 5.56 Å². The van der Waals surface area contributed by atoms with Gasteiger partial charge in [-0.25, -0.2) is 9.67 Å². The summed E-state index contributed by atoms with van der Waals surface area (Å²) in [5, 5.41) is 5.04. The van der Waals surface area contributed by atoms with Crippen LogP contribution in [0.4, 0.5) is 0 Å². The molecule has 2 heterocycles. The fraction of sp³-hybridized carbons (Fsp3) is 0.333. The minimum Gasteiger partial charge on any atom is -0.465 e. The maximum Gasteiger partial charge on any atom is 0.322 e. The summed E-state index contributed by atoms with van der Waals surface area (Å²) >= 11 is 1.15. The average Bonchev–Trinajstić information content (AvgIpc) is 2.99. The third kappa shape index (κ3) is 3.50. The Bertz CT molecular complexity index is 1020. The van der Waals surface area contributed by atoms with Gasteiger partial charge in [-0.15, -0.1) is 0 Å². The first-order valence-electron chi connectivity index (χ1n) is 8.23. The number of fused-ring (bicyclic) bond motifs is 1. The Morgan fingerprint density at radius 3 is 2.85 bits per heavy atom. The summed E-state index contributed by atoms with van der Waals surface area (Å²) < 4.78 is 5.83. The van der Waals surface area contributed by atoms with Crippen molar-refractivity contribution in [3.05, 3.63) is 46.4 Å². The number of ether oxygens (including phenoxy) is 1. The number of hydrogen-bond donors (Lipinski definition) is 1. The third-order valence-electron chi connectivity index (χ3n) is 3.78. The second-order valence-corrected chi connectivity index (χ2v) is 7.95. The fourth-order valence-electron chi connectivity index (χ4n) is 2.48. The summed E-state index contributed by atoms with van der Waals surface area (Å²) in [6, 6.07) is 7.77. The molecular weight excluding hydrogens is 352 g/mol. The van der Waals surface area contributed by atoms with Crippen molar-refractivity contribution < 1.29 is 9.53 Å². The highest BCUT2D eigenvalue weighted by molar-refractivity contribution is 8.01. The zero-order valence-electron chi connectivity index (χ0n) is 15.1. The van der Waals surface area contributed by atoms with Crippen molar-refractivity contribution in [2.75, 3.05) is 6.61 Å². The number of nitrogens with one attached hydrogen (secondary N) is 1. The van der Waals surface area contributed by atoms with Crippen LogP contribution in [0.25, 0.3) is 16.7 Å². The standard InChI is InChI=1S/C18H20N4O3S/c1-5-25-16(24)18(3,4)26-17-20-14-13(15(23)21-17)10-19-22(14)12-8-6-7-11(2)9-12/h6-10H,5H2,1-4H3,(H,20,21,23). The van der Waals surface area contributed by atoms with E-state index in [1.165, 1.54) is 6.20 Å². The number of carbonyl (C=O) groups is 1. The van der Waals surface area contributed by atoms with Crippen LogP contribution in [0.15, 0.2) is 40.4 Å². The maximum absolute atomic E-state index is 12.4. The van der Waals surface area contributed by atoms with Crippen molar-refractivity contribution in [2.45, 2.75) is 37.6 Å². The number of carbonyl (C=O) groups excluding carboxylic acids is 1. The second kappa shape index (κ2) is 6.95. The summed E-state index contributed by atoms with van der Waals surface area (Å²) in [4.78, 5) is 31.8. The van der Waals surface area contributed by atoms with Crippen LogP contribution in [0, 0.1) is 6.92 Å². The van der Waals surface area contributed by atoms with Crippen molar-refractivity contribution in [1.82, 2.24) is 19.7 Å². The number of aryl methyl sites for hydroxylation is 1. The molecule has 0 atom stereocenters. The van der Waals surface area contributed by atoms with E-state index in [1.807, 2.05) is 31.2 Å². The van der Waals surface area contributed by atoms with E-state index in [9.17, 15) is 9.59 Å². The van der Waals surface area contributed by atoms with Crippen LogP contribution in [-0.4, -0.2) is 37.1 Å². The van der Waals surface area contributed by atoms with Gasteiger partial charge in [-0.05, 0) is 45.4 Å². The van der Waals surface area contributed by atoms with Gasteiger partial charge in [0.2, 0.25) is 0 Å². The normalized spacial score (nSPS) is 11.7. The minimum atomic E-state index is -0.881. The van der Waals surface area contributed by atoms with Crippen LogP contribution >= 0.6 is 11.8 Å². The lowest BCUT2D eigenvalue weighted by atomic mass is 10.2. The summed E-state index contributed by atoms with van der Waals surface area (Å²) in [7, 11) is 0. The second-order valence-electron chi connectivity index (χ2n) is 6.34. The number of rotatable bonds is 5. The molecule has 0 aliphatic carbocycles. The van der Waals surface area contributed by atoms with Crippen LogP contribution in [0.3, 0.4) is 0 Å². The van der Waals surface area contributed by atoms with E-state index < -0.39 is 4.75 Å². The summed E-state index contributed by atoms with van der Waals surface area (Å²) in [6.45, 7) is 7.51. The quantitative estimate of drug-likeness (QED) is 0.421. The van der Waals surface area contributed by atoms with E-state index in [0.29, 0.717) is 22.8 Å². The van der Waals surface area contributed by atoms with Crippen LogP contribution in [0.1, 0.15) is 26.3 Å². The van der Waals surface area contributed by atoms with Gasteiger partial charge in [-0.2, -0.15) is 5.10 Å². The molecule has 1 N–H and O–H groups in total. The lowest BCUT2D eigenvalue weighted by Crippen LogP contribution is -2.30. The van der Waals surface area contributed by atoms with Crippen molar-refractivity contribution >= 4 is 28.8 Å². The molecule has 0 bridgehead atoms. The van der Waals surface area contributed by atoms with Gasteiger partial charge in [0.1, 0.15) is 10.1 Å². The first-order chi connectivity index (χ1) is 12.3. The molecule has 0 saturated carbocycles. The van der Waals surface area contributed by atoms with Crippen molar-refractivity contribution in [3.63, 3.8) is 0 Å². The van der Waals surface area contributed by atoms with Gasteiger partial charge in [-0.3, -0.25) is 9.59 Å². The largest absolute Gasteiger partial charge is 0.465 e. The first-order valence-corrected chi connectivity index (χ1v) is 9.05. The van der Waals surface area contributed by atoms with E-state index >= 15 is 0 Å². The number of benzene rings is 1. The molecule has 0 spiro atoms. The molecule has 3 aromatic rings. The topological polar surface area (TPSA) is 89.9 Å². The molecular formula is C18H20N4O3S. The number of hydrogen-bond acceptors (Lipinski definition) is 6. The third-order valence-corrected chi connectivity index (χ3v) is 4.85. The van der Waals surface area contributed by atoms with E-state index in [-0.39, 0.29) is 11.5 Å². The van der Waals surface area contributed by atoms with Gasteiger partial charge in [0, 0.05) is 0 Å². The number of esters is 1. The van der Waals surface area contributed by atoms with Gasteiger partial charge in [-0.1, -0.05) is 23.9 Å². The molecule has 136 valence electrons. The van der Waals surface area contributed by atoms with Crippen molar-refractivity contribution in [2.24, 2.45) is 0 Å². The van der Waals surface area contributed by atoms with Crippen LogP contribution in [0.5, 0.6) is 0 Å². The maximum atomic E-state index is 12.4. The van der Waals surface area contributed by atoms with E-state index in [0.717, 1.165) is 23.0 Å². The zero-order chi connectivity index (χ0) is 18.9. The van der Waals surface area contributed by atoms with Crippen molar-refractivity contribution in [3.8, 4) is 5.69 Å². The van der Waals surface area contributed by atoms with Gasteiger partial charge >= 0.3 is 5.97 Å². The number of aromatic nitrogens is 4. The molecule has 0 radical (unpaired) electrons. The average molecular weight is 372 g/mol. The number of H-pyrrole nitrogens is 1. The van der Waals surface area contributed by atoms with Crippen LogP contribution in [-0.2, 0) is 9.53 Å². The first kappa shape index (κ1) is 18.2. The van der Waals surface area contributed by atoms with E-state index in [4.69, 9.17) is 4.74 Å². The van der Waals surface area contributed by atoms with Crippen LogP contribution in [0.2, 0.25) is 0 Å². The highest BCUT2D eigenvalue weighted by Crippen LogP contribution is 2.31. The molecule has 0 unspecified atom stereocenters. The zero-order valence-corrected chi connectivity index (χ0v) is 15.9. The lowest BCUT2D eigenvalue weighted by Gasteiger charge is -2.20. The Balaban J connectivity index is 2.05. The Kier molecular flexibility index (Phi) is 4.86. The molecule has 0 amide bonds. The predicted octanol–water partition coefficient (Wildman–Crippen LogP) is 2.85. The smallest absolute Gasteiger partial charge is 0.322 e. The van der Waals surface area contributed by atoms with Crippen LogP contribution < -0.4 is 5.56 Å². The number of nitrogens with zero attached hydrogens (tertiary/aromatic N) is 3. The lowest BCUT2D eigenvalue weighted by molar-refractivity contribution is -0.145. The number of aromatic amines is 1.